The van der Waals surface area contributed by atoms with Gasteiger partial charge in [0.1, 0.15) is 6.04 Å². The van der Waals surface area contributed by atoms with Crippen molar-refractivity contribution < 1.29 is 9.59 Å². The molecule has 0 bridgehead atoms. The summed E-state index contributed by atoms with van der Waals surface area (Å²) in [4.78, 5) is 26.1. The molecule has 2 N–H and O–H groups in total. The Labute approximate surface area is 127 Å². The fraction of sp³-hybridized carbons (Fsp3) is 0.765. The second kappa shape index (κ2) is 6.20. The first-order valence-electron chi connectivity index (χ1n) is 8.11. The summed E-state index contributed by atoms with van der Waals surface area (Å²) in [5, 5.41) is 0. The summed E-state index contributed by atoms with van der Waals surface area (Å²) in [6.07, 6.45) is 9.30. The number of rotatable bonds is 7. The van der Waals surface area contributed by atoms with Gasteiger partial charge in [-0.3, -0.25) is 9.59 Å². The normalized spacial score (nSPS) is 23.3. The van der Waals surface area contributed by atoms with Gasteiger partial charge < -0.3 is 10.6 Å². The minimum absolute atomic E-state index is 0.0289. The van der Waals surface area contributed by atoms with E-state index in [0.717, 1.165) is 38.5 Å². The topological polar surface area (TPSA) is 63.4 Å². The number of carbonyl (C=O) groups is 2. The van der Waals surface area contributed by atoms with Crippen LogP contribution < -0.4 is 5.73 Å². The maximum absolute atomic E-state index is 12.8. The summed E-state index contributed by atoms with van der Waals surface area (Å²) >= 11 is 0. The summed E-state index contributed by atoms with van der Waals surface area (Å²) in [6.45, 7) is 5.93. The van der Waals surface area contributed by atoms with E-state index in [1.807, 2.05) is 13.0 Å². The minimum atomic E-state index is -0.462. The highest BCUT2D eigenvalue weighted by molar-refractivity contribution is 5.87. The lowest BCUT2D eigenvalue weighted by molar-refractivity contribution is -0.143. The van der Waals surface area contributed by atoms with Gasteiger partial charge in [-0.05, 0) is 30.6 Å². The molecular weight excluding hydrogens is 264 g/mol. The zero-order valence-corrected chi connectivity index (χ0v) is 13.3. The maximum Gasteiger partial charge on any atom is 0.240 e. The van der Waals surface area contributed by atoms with Crippen molar-refractivity contribution >= 4 is 11.8 Å². The number of allylic oxidation sites excluding steroid dienone is 1. The molecule has 0 aliphatic heterocycles. The molecule has 0 aromatic rings. The summed E-state index contributed by atoms with van der Waals surface area (Å²) in [5.41, 5.74) is 5.41. The van der Waals surface area contributed by atoms with E-state index in [1.54, 1.807) is 11.9 Å². The van der Waals surface area contributed by atoms with Gasteiger partial charge in [0.05, 0.1) is 0 Å². The number of nitrogens with two attached hydrogens (primary N) is 1. The molecule has 0 saturated heterocycles. The van der Waals surface area contributed by atoms with Crippen LogP contribution in [0.1, 0.15) is 51.9 Å². The van der Waals surface area contributed by atoms with Crippen molar-refractivity contribution in [2.24, 2.45) is 23.0 Å². The number of amides is 2. The Kier molecular flexibility index (Phi) is 4.74. The Balaban J connectivity index is 2.08. The Morgan fingerprint density at radius 1 is 1.38 bits per heavy atom. The van der Waals surface area contributed by atoms with Crippen molar-refractivity contribution in [2.75, 3.05) is 7.05 Å². The van der Waals surface area contributed by atoms with Crippen LogP contribution in [0.5, 0.6) is 0 Å². The highest BCUT2D eigenvalue weighted by Gasteiger charge is 2.43. The Morgan fingerprint density at radius 2 is 1.95 bits per heavy atom. The molecule has 0 radical (unpaired) electrons. The van der Waals surface area contributed by atoms with Crippen molar-refractivity contribution in [3.8, 4) is 0 Å². The van der Waals surface area contributed by atoms with Crippen molar-refractivity contribution in [1.29, 1.82) is 0 Å². The van der Waals surface area contributed by atoms with Gasteiger partial charge in [-0.25, -0.2) is 0 Å². The molecule has 0 aromatic carbocycles. The number of hydrogen-bond donors (Lipinski definition) is 1. The van der Waals surface area contributed by atoms with Crippen LogP contribution in [0.15, 0.2) is 12.7 Å². The Hall–Kier alpha value is -1.32. The molecule has 4 heteroatoms. The molecule has 2 saturated carbocycles. The van der Waals surface area contributed by atoms with Crippen molar-refractivity contribution in [3.05, 3.63) is 12.7 Å². The van der Waals surface area contributed by atoms with Crippen LogP contribution in [0, 0.1) is 17.3 Å². The lowest BCUT2D eigenvalue weighted by atomic mass is 9.74. The molecule has 2 fully saturated rings. The number of likely N-dealkylation sites (N-methyl/N-ethyl adjacent to an activating group) is 1. The third-order valence-corrected chi connectivity index (χ3v) is 5.57. The van der Waals surface area contributed by atoms with E-state index in [-0.39, 0.29) is 23.1 Å². The van der Waals surface area contributed by atoms with E-state index < -0.39 is 6.04 Å². The Bertz CT molecular complexity index is 423. The van der Waals surface area contributed by atoms with Crippen LogP contribution in [0.25, 0.3) is 0 Å². The largest absolute Gasteiger partial charge is 0.368 e. The summed E-state index contributed by atoms with van der Waals surface area (Å²) in [5.74, 6) is 0.0710. The molecule has 0 heterocycles. The summed E-state index contributed by atoms with van der Waals surface area (Å²) < 4.78 is 0. The minimum Gasteiger partial charge on any atom is -0.368 e. The third-order valence-electron chi connectivity index (χ3n) is 5.57. The number of nitrogens with zero attached hydrogens (tertiary/aromatic N) is 1. The van der Waals surface area contributed by atoms with Gasteiger partial charge in [-0.2, -0.15) is 0 Å². The van der Waals surface area contributed by atoms with Gasteiger partial charge in [-0.1, -0.05) is 38.7 Å². The molecule has 2 aliphatic carbocycles. The molecule has 2 rings (SSSR count). The standard InChI is InChI=1S/C17H28N2O2/c1-4-17(9-5-6-10-17)12(2)16(21)19(3)14(15(18)20)11-13-7-8-13/h4,12-14H,1,5-11H2,2-3H3,(H2,18,20)/t12-,14?/m1/s1. The molecule has 21 heavy (non-hydrogen) atoms. The molecule has 2 amide bonds. The van der Waals surface area contributed by atoms with E-state index in [2.05, 4.69) is 6.58 Å². The smallest absolute Gasteiger partial charge is 0.240 e. The van der Waals surface area contributed by atoms with Crippen LogP contribution in [0.3, 0.4) is 0 Å². The van der Waals surface area contributed by atoms with Crippen molar-refractivity contribution in [1.82, 2.24) is 4.90 Å². The molecular formula is C17H28N2O2. The quantitative estimate of drug-likeness (QED) is 0.733. The zero-order chi connectivity index (χ0) is 15.6. The fourth-order valence-corrected chi connectivity index (χ4v) is 3.69. The lowest BCUT2D eigenvalue weighted by Crippen LogP contribution is -2.49. The fourth-order valence-electron chi connectivity index (χ4n) is 3.69. The van der Waals surface area contributed by atoms with E-state index in [4.69, 9.17) is 5.73 Å². The number of carbonyl (C=O) groups excluding carboxylic acids is 2. The van der Waals surface area contributed by atoms with Crippen LogP contribution in [0.2, 0.25) is 0 Å². The summed E-state index contributed by atoms with van der Waals surface area (Å²) in [7, 11) is 1.72. The lowest BCUT2D eigenvalue weighted by Gasteiger charge is -2.36. The number of hydrogen-bond acceptors (Lipinski definition) is 2. The van der Waals surface area contributed by atoms with E-state index in [1.165, 1.54) is 0 Å². The molecule has 1 unspecified atom stereocenters. The maximum atomic E-state index is 12.8. The van der Waals surface area contributed by atoms with Crippen LogP contribution in [0.4, 0.5) is 0 Å². The summed E-state index contributed by atoms with van der Waals surface area (Å²) in [6, 6.07) is -0.462. The zero-order valence-electron chi connectivity index (χ0n) is 13.3. The second-order valence-corrected chi connectivity index (χ2v) is 6.91. The predicted octanol–water partition coefficient (Wildman–Crippen LogP) is 2.48. The Morgan fingerprint density at radius 3 is 2.38 bits per heavy atom. The molecule has 0 spiro atoms. The van der Waals surface area contributed by atoms with Gasteiger partial charge >= 0.3 is 0 Å². The van der Waals surface area contributed by atoms with Crippen LogP contribution in [-0.4, -0.2) is 29.8 Å². The molecule has 118 valence electrons. The average Bonchev–Trinajstić information content (AvgIpc) is 3.16. The SMILES string of the molecule is C=CC1([C@H](C)C(=O)N(C)C(CC2CC2)C(N)=O)CCCC1. The van der Waals surface area contributed by atoms with Gasteiger partial charge in [0, 0.05) is 13.0 Å². The first-order valence-corrected chi connectivity index (χ1v) is 8.11. The molecule has 2 aliphatic rings. The first kappa shape index (κ1) is 16.1. The average molecular weight is 292 g/mol. The van der Waals surface area contributed by atoms with E-state index in [9.17, 15) is 9.59 Å². The van der Waals surface area contributed by atoms with Gasteiger partial charge in [0.15, 0.2) is 0 Å². The van der Waals surface area contributed by atoms with Crippen molar-refractivity contribution in [3.63, 3.8) is 0 Å². The highest BCUT2D eigenvalue weighted by Crippen LogP contribution is 2.46. The van der Waals surface area contributed by atoms with Crippen molar-refractivity contribution in [2.45, 2.75) is 57.9 Å². The van der Waals surface area contributed by atoms with E-state index in [0.29, 0.717) is 12.3 Å². The molecule has 0 aromatic heterocycles. The third kappa shape index (κ3) is 3.30. The number of primary amides is 1. The molecule has 2 atom stereocenters. The van der Waals surface area contributed by atoms with Gasteiger partial charge in [0.2, 0.25) is 11.8 Å². The predicted molar refractivity (Wildman–Crippen MR) is 83.4 cm³/mol. The van der Waals surface area contributed by atoms with Crippen LogP contribution >= 0.6 is 0 Å². The van der Waals surface area contributed by atoms with Gasteiger partial charge in [0.25, 0.3) is 0 Å². The van der Waals surface area contributed by atoms with Crippen LogP contribution in [-0.2, 0) is 9.59 Å². The highest BCUT2D eigenvalue weighted by atomic mass is 16.2. The molecule has 4 nitrogen and oxygen atoms in total. The second-order valence-electron chi connectivity index (χ2n) is 6.91. The monoisotopic (exact) mass is 292 g/mol. The van der Waals surface area contributed by atoms with Gasteiger partial charge in [-0.15, -0.1) is 6.58 Å². The first-order chi connectivity index (χ1) is 9.91. The van der Waals surface area contributed by atoms with E-state index >= 15 is 0 Å².